The monoisotopic (exact) mass is 350 g/mol. The average molecular weight is 350 g/mol. The lowest BCUT2D eigenvalue weighted by Gasteiger charge is -2.17. The standard InChI is InChI=1S/C21H22N2O3/c24-18-7-5-16(17-6-8-20(26)23-21(17)18)19(25)12-22-11-13-9-14-3-1-2-4-15(14)10-13/h1-8,13,19,22,24-25H,9-12H2,(H,23,26). The largest absolute Gasteiger partial charge is 0.506 e. The number of phenolic OH excluding ortho intramolecular Hbond substituents is 1. The molecule has 1 unspecified atom stereocenters. The van der Waals surface area contributed by atoms with E-state index in [-0.39, 0.29) is 11.3 Å². The highest BCUT2D eigenvalue weighted by atomic mass is 16.3. The van der Waals surface area contributed by atoms with Gasteiger partial charge < -0.3 is 20.5 Å². The van der Waals surface area contributed by atoms with Gasteiger partial charge in [-0.3, -0.25) is 4.79 Å². The fraction of sp³-hybridized carbons (Fsp3) is 0.286. The molecule has 1 aliphatic carbocycles. The van der Waals surface area contributed by atoms with E-state index in [9.17, 15) is 15.0 Å². The molecule has 2 aromatic carbocycles. The van der Waals surface area contributed by atoms with Gasteiger partial charge in [0, 0.05) is 18.0 Å². The highest BCUT2D eigenvalue weighted by molar-refractivity contribution is 5.87. The van der Waals surface area contributed by atoms with Crippen LogP contribution in [0.15, 0.2) is 53.3 Å². The molecule has 0 saturated heterocycles. The summed E-state index contributed by atoms with van der Waals surface area (Å²) in [5, 5.41) is 24.6. The fourth-order valence-corrected chi connectivity index (χ4v) is 3.88. The minimum Gasteiger partial charge on any atom is -0.506 e. The van der Waals surface area contributed by atoms with Crippen molar-refractivity contribution in [2.24, 2.45) is 5.92 Å². The smallest absolute Gasteiger partial charge is 0.248 e. The minimum atomic E-state index is -0.715. The molecule has 0 saturated carbocycles. The van der Waals surface area contributed by atoms with Crippen LogP contribution in [0.25, 0.3) is 10.9 Å². The first-order valence-electron chi connectivity index (χ1n) is 8.92. The molecule has 0 radical (unpaired) electrons. The molecular formula is C21H22N2O3. The van der Waals surface area contributed by atoms with E-state index in [1.165, 1.54) is 23.3 Å². The number of pyridine rings is 1. The summed E-state index contributed by atoms with van der Waals surface area (Å²) in [5.41, 5.74) is 3.62. The van der Waals surface area contributed by atoms with E-state index >= 15 is 0 Å². The van der Waals surface area contributed by atoms with Crippen LogP contribution >= 0.6 is 0 Å². The molecule has 0 spiro atoms. The number of aromatic hydroxyl groups is 1. The van der Waals surface area contributed by atoms with Gasteiger partial charge in [-0.25, -0.2) is 0 Å². The number of hydrogen-bond acceptors (Lipinski definition) is 4. The van der Waals surface area contributed by atoms with Crippen LogP contribution in [0, 0.1) is 5.92 Å². The van der Waals surface area contributed by atoms with Crippen LogP contribution in [0.4, 0.5) is 0 Å². The Hall–Kier alpha value is -2.63. The summed E-state index contributed by atoms with van der Waals surface area (Å²) >= 11 is 0. The molecule has 5 nitrogen and oxygen atoms in total. The molecule has 26 heavy (non-hydrogen) atoms. The van der Waals surface area contributed by atoms with Crippen LogP contribution in [0.5, 0.6) is 5.75 Å². The van der Waals surface area contributed by atoms with Gasteiger partial charge in [0.25, 0.3) is 0 Å². The second-order valence-corrected chi connectivity index (χ2v) is 7.00. The quantitative estimate of drug-likeness (QED) is 0.569. The van der Waals surface area contributed by atoms with Crippen molar-refractivity contribution in [3.8, 4) is 5.75 Å². The summed E-state index contributed by atoms with van der Waals surface area (Å²) in [6.07, 6.45) is 1.43. The van der Waals surface area contributed by atoms with Gasteiger partial charge in [0.1, 0.15) is 5.75 Å². The van der Waals surface area contributed by atoms with E-state index in [4.69, 9.17) is 0 Å². The van der Waals surface area contributed by atoms with E-state index < -0.39 is 6.10 Å². The normalized spacial score (nSPS) is 15.3. The van der Waals surface area contributed by atoms with Crippen molar-refractivity contribution in [1.82, 2.24) is 10.3 Å². The number of aliphatic hydroxyl groups excluding tert-OH is 1. The number of aromatic amines is 1. The van der Waals surface area contributed by atoms with Crippen LogP contribution < -0.4 is 10.9 Å². The van der Waals surface area contributed by atoms with Gasteiger partial charge in [-0.2, -0.15) is 0 Å². The maximum absolute atomic E-state index is 11.5. The van der Waals surface area contributed by atoms with E-state index in [1.54, 1.807) is 12.1 Å². The SMILES string of the molecule is O=c1ccc2c(C(O)CNCC3Cc4ccccc4C3)ccc(O)c2[nH]1. The van der Waals surface area contributed by atoms with Crippen molar-refractivity contribution in [2.75, 3.05) is 13.1 Å². The molecule has 4 N–H and O–H groups in total. The molecule has 1 atom stereocenters. The Balaban J connectivity index is 1.42. The highest BCUT2D eigenvalue weighted by Gasteiger charge is 2.21. The van der Waals surface area contributed by atoms with Gasteiger partial charge in [-0.1, -0.05) is 30.3 Å². The van der Waals surface area contributed by atoms with Gasteiger partial charge >= 0.3 is 0 Å². The van der Waals surface area contributed by atoms with Crippen LogP contribution in [-0.4, -0.2) is 28.3 Å². The summed E-state index contributed by atoms with van der Waals surface area (Å²) in [7, 11) is 0. The van der Waals surface area contributed by atoms with Gasteiger partial charge in [0.05, 0.1) is 11.6 Å². The Bertz CT molecular complexity index is 971. The predicted octanol–water partition coefficient (Wildman–Crippen LogP) is 2.27. The minimum absolute atomic E-state index is 0.00493. The second kappa shape index (κ2) is 6.94. The maximum Gasteiger partial charge on any atom is 0.248 e. The zero-order valence-corrected chi connectivity index (χ0v) is 14.4. The third-order valence-electron chi connectivity index (χ3n) is 5.17. The fourth-order valence-electron chi connectivity index (χ4n) is 3.88. The van der Waals surface area contributed by atoms with Crippen molar-refractivity contribution in [3.05, 3.63) is 75.6 Å². The Morgan fingerprint density at radius 2 is 1.81 bits per heavy atom. The summed E-state index contributed by atoms with van der Waals surface area (Å²) < 4.78 is 0. The molecule has 0 aliphatic heterocycles. The first kappa shape index (κ1) is 16.8. The number of rotatable bonds is 5. The third-order valence-corrected chi connectivity index (χ3v) is 5.17. The highest BCUT2D eigenvalue weighted by Crippen LogP contribution is 2.29. The zero-order valence-electron chi connectivity index (χ0n) is 14.4. The number of H-pyrrole nitrogens is 1. The molecule has 0 fully saturated rings. The lowest BCUT2D eigenvalue weighted by Crippen LogP contribution is -2.27. The van der Waals surface area contributed by atoms with Crippen molar-refractivity contribution in [1.29, 1.82) is 0 Å². The topological polar surface area (TPSA) is 85.3 Å². The zero-order chi connectivity index (χ0) is 18.1. The van der Waals surface area contributed by atoms with E-state index in [1.807, 2.05) is 0 Å². The van der Waals surface area contributed by atoms with Crippen LogP contribution in [0.2, 0.25) is 0 Å². The number of aliphatic hydroxyl groups is 1. The van der Waals surface area contributed by atoms with Gasteiger partial charge in [0.2, 0.25) is 5.56 Å². The first-order valence-corrected chi connectivity index (χ1v) is 8.92. The Morgan fingerprint density at radius 1 is 1.08 bits per heavy atom. The number of benzene rings is 2. The molecule has 4 rings (SSSR count). The first-order chi connectivity index (χ1) is 12.6. The maximum atomic E-state index is 11.5. The molecule has 0 bridgehead atoms. The summed E-state index contributed by atoms with van der Waals surface area (Å²) in [6, 6.07) is 14.8. The molecule has 1 heterocycles. The van der Waals surface area contributed by atoms with Crippen molar-refractivity contribution >= 4 is 10.9 Å². The molecule has 134 valence electrons. The molecule has 1 aliphatic rings. The van der Waals surface area contributed by atoms with Gasteiger partial charge in [0.15, 0.2) is 0 Å². The number of fused-ring (bicyclic) bond motifs is 2. The number of hydrogen-bond donors (Lipinski definition) is 4. The summed E-state index contributed by atoms with van der Waals surface area (Å²) in [6.45, 7) is 1.27. The van der Waals surface area contributed by atoms with Crippen molar-refractivity contribution in [3.63, 3.8) is 0 Å². The average Bonchev–Trinajstić information content (AvgIpc) is 3.05. The van der Waals surface area contributed by atoms with Crippen LogP contribution in [0.3, 0.4) is 0 Å². The van der Waals surface area contributed by atoms with Crippen molar-refractivity contribution < 1.29 is 10.2 Å². The third kappa shape index (κ3) is 3.23. The molecule has 1 aromatic heterocycles. The van der Waals surface area contributed by atoms with Crippen molar-refractivity contribution in [2.45, 2.75) is 18.9 Å². The Labute approximate surface area is 151 Å². The Morgan fingerprint density at radius 3 is 2.54 bits per heavy atom. The lowest BCUT2D eigenvalue weighted by molar-refractivity contribution is 0.174. The number of nitrogens with one attached hydrogen (secondary N) is 2. The van der Waals surface area contributed by atoms with E-state index in [2.05, 4.69) is 34.6 Å². The number of phenols is 1. The summed E-state index contributed by atoms with van der Waals surface area (Å²) in [4.78, 5) is 14.1. The van der Waals surface area contributed by atoms with Gasteiger partial charge in [-0.05, 0) is 54.1 Å². The molecule has 3 aromatic rings. The lowest BCUT2D eigenvalue weighted by atomic mass is 10.0. The van der Waals surface area contributed by atoms with E-state index in [0.29, 0.717) is 28.9 Å². The second-order valence-electron chi connectivity index (χ2n) is 7.00. The molecule has 0 amide bonds. The van der Waals surface area contributed by atoms with Crippen LogP contribution in [-0.2, 0) is 12.8 Å². The predicted molar refractivity (Wildman–Crippen MR) is 101 cm³/mol. The summed E-state index contributed by atoms with van der Waals surface area (Å²) in [5.74, 6) is 0.554. The van der Waals surface area contributed by atoms with Crippen LogP contribution in [0.1, 0.15) is 22.8 Å². The van der Waals surface area contributed by atoms with E-state index in [0.717, 1.165) is 19.4 Å². The van der Waals surface area contributed by atoms with Gasteiger partial charge in [-0.15, -0.1) is 0 Å². The molecule has 5 heteroatoms. The number of aromatic nitrogens is 1. The molecular weight excluding hydrogens is 328 g/mol. The Kier molecular flexibility index (Phi) is 4.49.